The molecule has 0 saturated carbocycles. The molecule has 0 N–H and O–H groups in total. The summed E-state index contributed by atoms with van der Waals surface area (Å²) >= 11 is 0. The minimum Gasteiger partial charge on any atom is -0.455 e. The molecule has 8 nitrogen and oxygen atoms in total. The van der Waals surface area contributed by atoms with E-state index in [1.807, 2.05) is 0 Å². The lowest BCUT2D eigenvalue weighted by atomic mass is 10.1. The number of esters is 1. The van der Waals surface area contributed by atoms with Crippen LogP contribution in [0.5, 0.6) is 11.5 Å². The second-order valence-corrected chi connectivity index (χ2v) is 4.16. The van der Waals surface area contributed by atoms with Crippen LogP contribution in [-0.4, -0.2) is 30.1 Å². The summed E-state index contributed by atoms with van der Waals surface area (Å²) in [7, 11) is 0. The summed E-state index contributed by atoms with van der Waals surface area (Å²) in [6.45, 7) is 0.923. The summed E-state index contributed by atoms with van der Waals surface area (Å²) < 4.78 is 14.8. The lowest BCUT2D eigenvalue weighted by Gasteiger charge is -2.01. The van der Waals surface area contributed by atoms with Crippen molar-refractivity contribution >= 4 is 23.5 Å². The Kier molecular flexibility index (Phi) is 4.17. The Labute approximate surface area is 119 Å². The highest BCUT2D eigenvalue weighted by atomic mass is 16.7. The number of benzene rings is 1. The van der Waals surface area contributed by atoms with E-state index in [4.69, 9.17) is 9.47 Å². The van der Waals surface area contributed by atoms with E-state index in [9.17, 15) is 19.7 Å². The van der Waals surface area contributed by atoms with Gasteiger partial charge in [-0.3, -0.25) is 14.9 Å². The minimum absolute atomic E-state index is 0.0136. The van der Waals surface area contributed by atoms with Gasteiger partial charge >= 0.3 is 5.97 Å². The number of nitrogens with zero attached hydrogens (tertiary/aromatic N) is 1. The van der Waals surface area contributed by atoms with Crippen molar-refractivity contribution in [3.8, 4) is 11.5 Å². The van der Waals surface area contributed by atoms with Crippen LogP contribution in [0.25, 0.3) is 6.08 Å². The number of carbonyl (C=O) groups excluding carboxylic acids is 2. The molecule has 1 aromatic carbocycles. The molecule has 2 rings (SSSR count). The normalized spacial score (nSPS) is 12.4. The van der Waals surface area contributed by atoms with E-state index < -0.39 is 10.9 Å². The summed E-state index contributed by atoms with van der Waals surface area (Å²) in [5.74, 6) is -0.432. The Bertz CT molecular complexity index is 636. The van der Waals surface area contributed by atoms with E-state index in [1.165, 1.54) is 25.1 Å². The molecule has 0 unspecified atom stereocenters. The first-order valence-corrected chi connectivity index (χ1v) is 5.89. The molecular formula is C13H11NO7. The van der Waals surface area contributed by atoms with Gasteiger partial charge in [-0.15, -0.1) is 0 Å². The highest BCUT2D eigenvalue weighted by molar-refractivity contribution is 5.90. The molecule has 1 heterocycles. The Morgan fingerprint density at radius 2 is 2.05 bits per heavy atom. The molecule has 1 aliphatic rings. The van der Waals surface area contributed by atoms with Crippen molar-refractivity contribution in [2.24, 2.45) is 0 Å². The molecule has 0 aromatic heterocycles. The lowest BCUT2D eigenvalue weighted by Crippen LogP contribution is -2.08. The number of rotatable bonds is 5. The van der Waals surface area contributed by atoms with Crippen LogP contribution in [0.15, 0.2) is 18.2 Å². The van der Waals surface area contributed by atoms with Gasteiger partial charge in [0, 0.05) is 6.08 Å². The van der Waals surface area contributed by atoms with Gasteiger partial charge in [0.25, 0.3) is 5.69 Å². The smallest absolute Gasteiger partial charge is 0.331 e. The molecule has 0 spiro atoms. The SMILES string of the molecule is CC(=O)COC(=O)/C=C/c1cc2c(cc1[N+](=O)[O-])OCO2. The van der Waals surface area contributed by atoms with Gasteiger partial charge < -0.3 is 14.2 Å². The topological polar surface area (TPSA) is 105 Å². The molecule has 0 aliphatic carbocycles. The fourth-order valence-corrected chi connectivity index (χ4v) is 1.62. The predicted molar refractivity (Wildman–Crippen MR) is 69.9 cm³/mol. The van der Waals surface area contributed by atoms with Gasteiger partial charge in [0.1, 0.15) is 6.61 Å². The van der Waals surface area contributed by atoms with Gasteiger partial charge in [-0.1, -0.05) is 0 Å². The largest absolute Gasteiger partial charge is 0.455 e. The van der Waals surface area contributed by atoms with Gasteiger partial charge in [0.05, 0.1) is 16.6 Å². The Hall–Kier alpha value is -2.90. The number of ether oxygens (including phenoxy) is 3. The number of Topliss-reactive ketones (excluding diaryl/α,β-unsaturated/α-hetero) is 1. The summed E-state index contributed by atoms with van der Waals surface area (Å²) in [6.07, 6.45) is 2.23. The van der Waals surface area contributed by atoms with E-state index in [-0.39, 0.29) is 36.2 Å². The molecule has 21 heavy (non-hydrogen) atoms. The molecule has 0 atom stereocenters. The molecule has 8 heteroatoms. The van der Waals surface area contributed by atoms with Gasteiger partial charge in [-0.05, 0) is 19.1 Å². The van der Waals surface area contributed by atoms with Gasteiger partial charge in [0.2, 0.25) is 6.79 Å². The molecule has 0 radical (unpaired) electrons. The van der Waals surface area contributed by atoms with Gasteiger partial charge in [0.15, 0.2) is 17.3 Å². The Balaban J connectivity index is 2.20. The van der Waals surface area contributed by atoms with Crippen molar-refractivity contribution < 1.29 is 28.7 Å². The van der Waals surface area contributed by atoms with Crippen LogP contribution in [0.3, 0.4) is 0 Å². The van der Waals surface area contributed by atoms with Crippen LogP contribution >= 0.6 is 0 Å². The van der Waals surface area contributed by atoms with Crippen molar-refractivity contribution in [1.29, 1.82) is 0 Å². The zero-order chi connectivity index (χ0) is 15.4. The van der Waals surface area contributed by atoms with Crippen LogP contribution in [0.1, 0.15) is 12.5 Å². The molecule has 0 bridgehead atoms. The minimum atomic E-state index is -0.767. The highest BCUT2D eigenvalue weighted by Gasteiger charge is 2.22. The summed E-state index contributed by atoms with van der Waals surface area (Å²) in [5, 5.41) is 11.0. The second-order valence-electron chi connectivity index (χ2n) is 4.16. The second kappa shape index (κ2) is 6.04. The fourth-order valence-electron chi connectivity index (χ4n) is 1.62. The molecule has 0 saturated heterocycles. The van der Waals surface area contributed by atoms with Gasteiger partial charge in [-0.25, -0.2) is 4.79 Å². The number of carbonyl (C=O) groups is 2. The third-order valence-corrected chi connectivity index (χ3v) is 2.54. The van der Waals surface area contributed by atoms with Gasteiger partial charge in [-0.2, -0.15) is 0 Å². The molecular weight excluding hydrogens is 282 g/mol. The van der Waals surface area contributed by atoms with Crippen LogP contribution in [0, 0.1) is 10.1 Å². The Morgan fingerprint density at radius 1 is 1.38 bits per heavy atom. The van der Waals surface area contributed by atoms with Crippen LogP contribution < -0.4 is 9.47 Å². The molecule has 0 fully saturated rings. The number of nitro groups is 1. The number of nitro benzene ring substituents is 1. The van der Waals surface area contributed by atoms with Crippen molar-refractivity contribution in [3.05, 3.63) is 33.9 Å². The number of ketones is 1. The van der Waals surface area contributed by atoms with E-state index >= 15 is 0 Å². The summed E-state index contributed by atoms with van der Waals surface area (Å²) in [4.78, 5) is 32.4. The van der Waals surface area contributed by atoms with Crippen molar-refractivity contribution in [1.82, 2.24) is 0 Å². The van der Waals surface area contributed by atoms with Crippen LogP contribution in [0.4, 0.5) is 5.69 Å². The van der Waals surface area contributed by atoms with Crippen molar-refractivity contribution in [2.45, 2.75) is 6.92 Å². The van der Waals surface area contributed by atoms with Crippen LogP contribution in [0.2, 0.25) is 0 Å². The van der Waals surface area contributed by atoms with Crippen molar-refractivity contribution in [2.75, 3.05) is 13.4 Å². The zero-order valence-corrected chi connectivity index (χ0v) is 11.0. The van der Waals surface area contributed by atoms with Crippen molar-refractivity contribution in [3.63, 3.8) is 0 Å². The van der Waals surface area contributed by atoms with E-state index in [1.54, 1.807) is 0 Å². The maximum Gasteiger partial charge on any atom is 0.331 e. The third-order valence-electron chi connectivity index (χ3n) is 2.54. The monoisotopic (exact) mass is 293 g/mol. The lowest BCUT2D eigenvalue weighted by molar-refractivity contribution is -0.385. The summed E-state index contributed by atoms with van der Waals surface area (Å²) in [5.41, 5.74) is -0.0566. The Morgan fingerprint density at radius 3 is 2.67 bits per heavy atom. The first kappa shape index (κ1) is 14.5. The van der Waals surface area contributed by atoms with Crippen LogP contribution in [-0.2, 0) is 14.3 Å². The van der Waals surface area contributed by atoms with E-state index in [0.29, 0.717) is 5.75 Å². The standard InChI is InChI=1S/C13H11NO7/c1-8(15)6-19-13(16)3-2-9-4-11-12(21-7-20-11)5-10(9)14(17)18/h2-5H,6-7H2,1H3/b3-2+. The predicted octanol–water partition coefficient (Wildman–Crippen LogP) is 1.47. The third kappa shape index (κ3) is 3.56. The highest BCUT2D eigenvalue weighted by Crippen LogP contribution is 2.38. The maximum atomic E-state index is 11.3. The maximum absolute atomic E-state index is 11.3. The number of fused-ring (bicyclic) bond motifs is 1. The zero-order valence-electron chi connectivity index (χ0n) is 11.0. The molecule has 0 amide bonds. The molecule has 1 aliphatic heterocycles. The number of hydrogen-bond acceptors (Lipinski definition) is 7. The van der Waals surface area contributed by atoms with E-state index in [0.717, 1.165) is 6.08 Å². The fraction of sp³-hybridized carbons (Fsp3) is 0.231. The average molecular weight is 293 g/mol. The first-order valence-electron chi connectivity index (χ1n) is 5.89. The van der Waals surface area contributed by atoms with E-state index in [2.05, 4.69) is 4.74 Å². The summed E-state index contributed by atoms with van der Waals surface area (Å²) in [6, 6.07) is 2.62. The molecule has 110 valence electrons. The quantitative estimate of drug-likeness (QED) is 0.350. The average Bonchev–Trinajstić information content (AvgIpc) is 2.88. The molecule has 1 aromatic rings. The number of hydrogen-bond donors (Lipinski definition) is 0. The first-order chi connectivity index (χ1) is 9.97.